The number of nitrogens with zero attached hydrogens (tertiary/aromatic N) is 1. The molecule has 144 valence electrons. The van der Waals surface area contributed by atoms with Crippen molar-refractivity contribution < 1.29 is 13.2 Å². The van der Waals surface area contributed by atoms with Crippen molar-refractivity contribution in [2.24, 2.45) is 0 Å². The molecule has 1 heterocycles. The summed E-state index contributed by atoms with van der Waals surface area (Å²) in [7, 11) is -2.10. The second kappa shape index (κ2) is 7.20. The monoisotopic (exact) mass is 394 g/mol. The van der Waals surface area contributed by atoms with Crippen molar-refractivity contribution >= 4 is 27.1 Å². The lowest BCUT2D eigenvalue weighted by molar-refractivity contribution is 0.411. The summed E-state index contributed by atoms with van der Waals surface area (Å²) < 4.78 is 33.2. The Bertz CT molecular complexity index is 1110. The van der Waals surface area contributed by atoms with Gasteiger partial charge in [0.05, 0.1) is 12.0 Å². The molecule has 0 unspecified atom stereocenters. The number of benzene rings is 3. The summed E-state index contributed by atoms with van der Waals surface area (Å²) in [6.07, 6.45) is 1.02. The molecule has 6 heteroatoms. The highest BCUT2D eigenvalue weighted by Crippen LogP contribution is 2.34. The number of para-hydroxylation sites is 1. The molecule has 1 aliphatic heterocycles. The molecular weight excluding hydrogens is 372 g/mol. The first-order chi connectivity index (χ1) is 13.5. The molecule has 0 atom stereocenters. The number of sulfonamides is 1. The Morgan fingerprint density at radius 2 is 1.75 bits per heavy atom. The van der Waals surface area contributed by atoms with Gasteiger partial charge in [0.15, 0.2) is 0 Å². The molecule has 0 spiro atoms. The van der Waals surface area contributed by atoms with Gasteiger partial charge in [-0.2, -0.15) is 0 Å². The Morgan fingerprint density at radius 1 is 1.00 bits per heavy atom. The van der Waals surface area contributed by atoms with E-state index in [1.54, 1.807) is 37.4 Å². The van der Waals surface area contributed by atoms with Crippen LogP contribution >= 0.6 is 0 Å². The number of methoxy groups -OCH3 is 1. The molecule has 0 radical (unpaired) electrons. The smallest absolute Gasteiger partial charge is 0.261 e. The van der Waals surface area contributed by atoms with Crippen molar-refractivity contribution in [1.82, 2.24) is 0 Å². The van der Waals surface area contributed by atoms with E-state index in [-0.39, 0.29) is 4.90 Å². The van der Waals surface area contributed by atoms with Crippen molar-refractivity contribution in [2.75, 3.05) is 23.3 Å². The van der Waals surface area contributed by atoms with E-state index >= 15 is 0 Å². The van der Waals surface area contributed by atoms with E-state index in [0.29, 0.717) is 11.4 Å². The Morgan fingerprint density at radius 3 is 2.46 bits per heavy atom. The van der Waals surface area contributed by atoms with E-state index in [9.17, 15) is 8.42 Å². The van der Waals surface area contributed by atoms with Gasteiger partial charge < -0.3 is 9.64 Å². The van der Waals surface area contributed by atoms with E-state index in [0.717, 1.165) is 24.2 Å². The predicted octanol–water partition coefficient (Wildman–Crippen LogP) is 4.50. The van der Waals surface area contributed by atoms with Gasteiger partial charge in [-0.1, -0.05) is 18.2 Å². The van der Waals surface area contributed by atoms with Crippen molar-refractivity contribution in [3.63, 3.8) is 0 Å². The van der Waals surface area contributed by atoms with Gasteiger partial charge in [0.1, 0.15) is 5.75 Å². The highest BCUT2D eigenvalue weighted by molar-refractivity contribution is 7.92. The molecule has 28 heavy (non-hydrogen) atoms. The lowest BCUT2D eigenvalue weighted by atomic mass is 10.2. The minimum Gasteiger partial charge on any atom is -0.496 e. The molecular formula is C22H22N2O3S. The standard InChI is InChI=1S/C22H22N2O3S/c1-16-15-20(11-12-22(16)27-2)28(25,26)23-18-7-9-19(10-8-18)24-14-13-17-5-3-4-6-21(17)24/h3-12,15,23H,13-14H2,1-2H3. The average molecular weight is 394 g/mol. The fourth-order valence-corrected chi connectivity index (χ4v) is 4.69. The van der Waals surface area contributed by atoms with Gasteiger partial charge in [-0.05, 0) is 73.0 Å². The fourth-order valence-electron chi connectivity index (χ4n) is 3.55. The molecule has 5 nitrogen and oxygen atoms in total. The van der Waals surface area contributed by atoms with E-state index in [2.05, 4.69) is 27.8 Å². The van der Waals surface area contributed by atoms with Gasteiger partial charge in [0.25, 0.3) is 10.0 Å². The second-order valence-corrected chi connectivity index (χ2v) is 8.50. The van der Waals surface area contributed by atoms with E-state index in [1.165, 1.54) is 11.3 Å². The molecule has 0 saturated carbocycles. The van der Waals surface area contributed by atoms with Gasteiger partial charge in [-0.3, -0.25) is 4.72 Å². The average Bonchev–Trinajstić information content (AvgIpc) is 3.12. The molecule has 0 saturated heterocycles. The Labute approximate surface area is 165 Å². The van der Waals surface area contributed by atoms with Crippen LogP contribution in [-0.4, -0.2) is 22.1 Å². The first-order valence-electron chi connectivity index (χ1n) is 9.11. The maximum absolute atomic E-state index is 12.7. The van der Waals surface area contributed by atoms with Crippen LogP contribution in [0.4, 0.5) is 17.1 Å². The van der Waals surface area contributed by atoms with Crippen LogP contribution in [0.15, 0.2) is 71.6 Å². The van der Waals surface area contributed by atoms with Crippen molar-refractivity contribution in [2.45, 2.75) is 18.2 Å². The molecule has 0 fully saturated rings. The van der Waals surface area contributed by atoms with Gasteiger partial charge in [0.2, 0.25) is 0 Å². The van der Waals surface area contributed by atoms with Crippen LogP contribution in [-0.2, 0) is 16.4 Å². The zero-order valence-electron chi connectivity index (χ0n) is 15.8. The number of anilines is 3. The summed E-state index contributed by atoms with van der Waals surface area (Å²) in [5.41, 5.74) is 4.90. The first kappa shape index (κ1) is 18.4. The summed E-state index contributed by atoms with van der Waals surface area (Å²) in [6.45, 7) is 2.75. The Kier molecular flexibility index (Phi) is 4.73. The maximum atomic E-state index is 12.7. The normalized spacial score (nSPS) is 13.3. The highest BCUT2D eigenvalue weighted by Gasteiger charge is 2.20. The molecule has 3 aromatic rings. The van der Waals surface area contributed by atoms with Crippen LogP contribution in [0.3, 0.4) is 0 Å². The van der Waals surface area contributed by atoms with Crippen molar-refractivity contribution in [1.29, 1.82) is 0 Å². The third-order valence-corrected chi connectivity index (χ3v) is 6.37. The zero-order chi connectivity index (χ0) is 19.7. The van der Waals surface area contributed by atoms with E-state index in [1.807, 2.05) is 25.1 Å². The lowest BCUT2D eigenvalue weighted by Crippen LogP contribution is -2.15. The van der Waals surface area contributed by atoms with Crippen LogP contribution < -0.4 is 14.4 Å². The third kappa shape index (κ3) is 3.43. The van der Waals surface area contributed by atoms with Crippen LogP contribution in [0.25, 0.3) is 0 Å². The number of hydrogen-bond acceptors (Lipinski definition) is 4. The summed E-state index contributed by atoms with van der Waals surface area (Å²) in [6, 6.07) is 20.7. The van der Waals surface area contributed by atoms with Crippen molar-refractivity contribution in [3.8, 4) is 5.75 Å². The largest absolute Gasteiger partial charge is 0.496 e. The quantitative estimate of drug-likeness (QED) is 0.692. The van der Waals surface area contributed by atoms with Crippen LogP contribution in [0.1, 0.15) is 11.1 Å². The van der Waals surface area contributed by atoms with E-state index in [4.69, 9.17) is 4.74 Å². The lowest BCUT2D eigenvalue weighted by Gasteiger charge is -2.20. The number of ether oxygens (including phenoxy) is 1. The molecule has 0 aromatic heterocycles. The third-order valence-electron chi connectivity index (χ3n) is 4.99. The molecule has 1 N–H and O–H groups in total. The molecule has 0 amide bonds. The van der Waals surface area contributed by atoms with Crippen LogP contribution in [0.5, 0.6) is 5.75 Å². The second-order valence-electron chi connectivity index (χ2n) is 6.81. The minimum atomic E-state index is -3.66. The first-order valence-corrected chi connectivity index (χ1v) is 10.6. The molecule has 4 rings (SSSR count). The number of fused-ring (bicyclic) bond motifs is 1. The topological polar surface area (TPSA) is 58.6 Å². The van der Waals surface area contributed by atoms with E-state index < -0.39 is 10.0 Å². The van der Waals surface area contributed by atoms with Gasteiger partial charge in [0, 0.05) is 23.6 Å². The molecule has 0 aliphatic carbocycles. The van der Waals surface area contributed by atoms with Crippen molar-refractivity contribution in [3.05, 3.63) is 77.9 Å². The summed E-state index contributed by atoms with van der Waals surface area (Å²) in [5.74, 6) is 0.661. The van der Waals surface area contributed by atoms with Gasteiger partial charge >= 0.3 is 0 Å². The van der Waals surface area contributed by atoms with Crippen LogP contribution in [0, 0.1) is 6.92 Å². The zero-order valence-corrected chi connectivity index (χ0v) is 16.7. The van der Waals surface area contributed by atoms with Gasteiger partial charge in [-0.25, -0.2) is 8.42 Å². The number of aryl methyl sites for hydroxylation is 1. The Balaban J connectivity index is 1.54. The number of hydrogen-bond donors (Lipinski definition) is 1. The Hall–Kier alpha value is -2.99. The fraction of sp³-hybridized carbons (Fsp3) is 0.182. The molecule has 1 aliphatic rings. The maximum Gasteiger partial charge on any atom is 0.261 e. The highest BCUT2D eigenvalue weighted by atomic mass is 32.2. The van der Waals surface area contributed by atoms with Gasteiger partial charge in [-0.15, -0.1) is 0 Å². The van der Waals surface area contributed by atoms with Crippen LogP contribution in [0.2, 0.25) is 0 Å². The summed E-state index contributed by atoms with van der Waals surface area (Å²) >= 11 is 0. The molecule has 3 aromatic carbocycles. The molecule has 0 bridgehead atoms. The number of nitrogens with one attached hydrogen (secondary N) is 1. The number of rotatable bonds is 5. The summed E-state index contributed by atoms with van der Waals surface area (Å²) in [5, 5.41) is 0. The predicted molar refractivity (Wildman–Crippen MR) is 112 cm³/mol. The SMILES string of the molecule is COc1ccc(S(=O)(=O)Nc2ccc(N3CCc4ccccc43)cc2)cc1C. The summed E-state index contributed by atoms with van der Waals surface area (Å²) in [4.78, 5) is 2.46. The minimum absolute atomic E-state index is 0.211.